The fraction of sp³-hybridized carbons (Fsp3) is 0.243. The van der Waals surface area contributed by atoms with Crippen molar-refractivity contribution in [3.05, 3.63) is 119 Å². The maximum Gasteiger partial charge on any atom is 0.258 e. The Balaban J connectivity index is 0.000000221. The molecule has 0 atom stereocenters. The summed E-state index contributed by atoms with van der Waals surface area (Å²) in [7, 11) is 7.90. The number of nitrogens with one attached hydrogen (secondary N) is 1. The van der Waals surface area contributed by atoms with Crippen molar-refractivity contribution in [3.8, 4) is 0 Å². The summed E-state index contributed by atoms with van der Waals surface area (Å²) in [6.45, 7) is 1.15. The number of hydrogen-bond acceptors (Lipinski definition) is 6. The molecule has 2 aliphatic heterocycles. The van der Waals surface area contributed by atoms with Crippen molar-refractivity contribution >= 4 is 89.2 Å². The van der Waals surface area contributed by atoms with Crippen LogP contribution in [0.3, 0.4) is 0 Å². The lowest BCUT2D eigenvalue weighted by Crippen LogP contribution is -2.38. The first-order valence-corrected chi connectivity index (χ1v) is 17.4. The Morgan fingerprint density at radius 2 is 1.18 bits per heavy atom. The number of aldehydes is 2. The molecule has 2 heterocycles. The van der Waals surface area contributed by atoms with E-state index in [9.17, 15) is 28.0 Å². The Bertz CT molecular complexity index is 1900. The summed E-state index contributed by atoms with van der Waals surface area (Å²) in [6, 6.07) is 16.6. The lowest BCUT2D eigenvalue weighted by molar-refractivity contribution is 0.0943. The average Bonchev–Trinajstić information content (AvgIpc) is 3.05. The molecular formula is C37H37Br3F2N4O4. The zero-order valence-electron chi connectivity index (χ0n) is 27.1. The Morgan fingerprint density at radius 1 is 0.700 bits per heavy atom. The Kier molecular flexibility index (Phi) is 14.4. The second-order valence-corrected chi connectivity index (χ2v) is 14.1. The normalized spacial score (nSPS) is 12.8. The van der Waals surface area contributed by atoms with Crippen molar-refractivity contribution in [2.24, 2.45) is 0 Å². The fourth-order valence-electron chi connectivity index (χ4n) is 5.25. The van der Waals surface area contributed by atoms with Crippen molar-refractivity contribution < 1.29 is 28.0 Å². The van der Waals surface area contributed by atoms with Gasteiger partial charge in [-0.3, -0.25) is 19.2 Å². The molecule has 2 amide bonds. The molecule has 50 heavy (non-hydrogen) atoms. The van der Waals surface area contributed by atoms with E-state index in [1.54, 1.807) is 6.07 Å². The summed E-state index contributed by atoms with van der Waals surface area (Å²) < 4.78 is 27.6. The number of fused-ring (bicyclic) bond motifs is 2. The van der Waals surface area contributed by atoms with Gasteiger partial charge in [0.05, 0.1) is 11.3 Å². The minimum Gasteiger partial charge on any atom is -0.378 e. The zero-order chi connectivity index (χ0) is 36.0. The SMILES string of the molecule is C.CN(C)c1ccc2c(c1)CCN(c1cc(F)cc(Br)c1C=O)C2=O.CN(C)c1ccc2c(c1)CCNC2=O.O=Cc1c(Br)cc(F)cc1Br. The molecule has 0 aromatic heterocycles. The van der Waals surface area contributed by atoms with Gasteiger partial charge < -0.3 is 20.0 Å². The van der Waals surface area contributed by atoms with E-state index in [1.165, 1.54) is 29.2 Å². The predicted octanol–water partition coefficient (Wildman–Crippen LogP) is 8.51. The van der Waals surface area contributed by atoms with Crippen molar-refractivity contribution in [1.82, 2.24) is 5.32 Å². The second kappa shape index (κ2) is 17.8. The number of anilines is 3. The van der Waals surface area contributed by atoms with Crippen LogP contribution in [0.5, 0.6) is 0 Å². The van der Waals surface area contributed by atoms with Crippen LogP contribution in [0.1, 0.15) is 60.0 Å². The highest BCUT2D eigenvalue weighted by atomic mass is 79.9. The van der Waals surface area contributed by atoms with Crippen molar-refractivity contribution in [2.75, 3.05) is 56.0 Å². The highest BCUT2D eigenvalue weighted by molar-refractivity contribution is 9.11. The molecular weight excluding hydrogens is 842 g/mol. The molecule has 1 N–H and O–H groups in total. The van der Waals surface area contributed by atoms with E-state index in [1.807, 2.05) is 62.3 Å². The molecule has 13 heteroatoms. The van der Waals surface area contributed by atoms with Gasteiger partial charge in [0.15, 0.2) is 12.6 Å². The van der Waals surface area contributed by atoms with Crippen LogP contribution >= 0.6 is 47.8 Å². The van der Waals surface area contributed by atoms with Gasteiger partial charge in [0.25, 0.3) is 11.8 Å². The van der Waals surface area contributed by atoms with E-state index in [4.69, 9.17) is 0 Å². The van der Waals surface area contributed by atoms with E-state index in [0.717, 1.165) is 41.0 Å². The standard InChI is InChI=1S/C18H16BrFN2O2.C11H14N2O.C7H3Br2FO.CH4/c1-21(2)13-3-4-14-11(7-13)5-6-22(18(14)24)17-9-12(20)8-16(19)15(17)10-23;1-13(2)9-3-4-10-8(7-9)5-6-12-11(10)14;8-6-1-4(10)2-7(9)5(6)3-11;/h3-4,7-10H,5-6H2,1-2H3;3-4,7H,5-6H2,1-2H3,(H,12,14);1-3H;1H4. The molecule has 0 bridgehead atoms. The first kappa shape index (κ1) is 40.5. The number of carbonyl (C=O) groups is 4. The van der Waals surface area contributed by atoms with Crippen LogP contribution in [0.25, 0.3) is 0 Å². The van der Waals surface area contributed by atoms with E-state index < -0.39 is 5.82 Å². The van der Waals surface area contributed by atoms with Gasteiger partial charge in [-0.25, -0.2) is 8.78 Å². The van der Waals surface area contributed by atoms with Crippen molar-refractivity contribution in [1.29, 1.82) is 0 Å². The highest BCUT2D eigenvalue weighted by Crippen LogP contribution is 2.33. The van der Waals surface area contributed by atoms with Crippen LogP contribution in [0, 0.1) is 11.6 Å². The van der Waals surface area contributed by atoms with Crippen LogP contribution in [-0.2, 0) is 12.8 Å². The molecule has 0 fully saturated rings. The van der Waals surface area contributed by atoms with Crippen LogP contribution in [-0.4, -0.2) is 65.7 Å². The molecule has 6 rings (SSSR count). The quantitative estimate of drug-likeness (QED) is 0.203. The minimum absolute atomic E-state index is 0. The molecule has 0 radical (unpaired) electrons. The van der Waals surface area contributed by atoms with Gasteiger partial charge >= 0.3 is 0 Å². The van der Waals surface area contributed by atoms with E-state index in [0.29, 0.717) is 55.8 Å². The monoisotopic (exact) mass is 876 g/mol. The number of benzene rings is 4. The number of rotatable bonds is 5. The van der Waals surface area contributed by atoms with E-state index in [2.05, 4.69) is 59.2 Å². The largest absolute Gasteiger partial charge is 0.378 e. The first-order valence-electron chi connectivity index (χ1n) is 15.0. The minimum atomic E-state index is -0.496. The maximum absolute atomic E-state index is 13.8. The molecule has 4 aromatic carbocycles. The summed E-state index contributed by atoms with van der Waals surface area (Å²) in [6.07, 6.45) is 2.88. The number of halogens is 5. The number of carbonyl (C=O) groups excluding carboxylic acids is 4. The summed E-state index contributed by atoms with van der Waals surface area (Å²) in [5.41, 5.74) is 6.70. The van der Waals surface area contributed by atoms with Crippen LogP contribution in [0.4, 0.5) is 25.8 Å². The van der Waals surface area contributed by atoms with Gasteiger partial charge in [-0.15, -0.1) is 0 Å². The maximum atomic E-state index is 13.8. The molecule has 0 unspecified atom stereocenters. The number of hydrogen-bond donors (Lipinski definition) is 1. The van der Waals surface area contributed by atoms with Gasteiger partial charge in [-0.05, 0) is 132 Å². The second-order valence-electron chi connectivity index (χ2n) is 11.5. The first-order chi connectivity index (χ1) is 23.2. The molecule has 0 saturated carbocycles. The molecule has 0 spiro atoms. The lowest BCUT2D eigenvalue weighted by Gasteiger charge is -2.30. The third-order valence-electron chi connectivity index (χ3n) is 7.86. The van der Waals surface area contributed by atoms with Crippen molar-refractivity contribution in [2.45, 2.75) is 20.3 Å². The lowest BCUT2D eigenvalue weighted by atomic mass is 9.97. The molecule has 264 valence electrons. The fourth-order valence-corrected chi connectivity index (χ4v) is 7.09. The molecule has 4 aromatic rings. The molecule has 0 aliphatic carbocycles. The Hall–Kier alpha value is -3.94. The van der Waals surface area contributed by atoms with Crippen LogP contribution in [0.15, 0.2) is 74.1 Å². The van der Waals surface area contributed by atoms with Crippen molar-refractivity contribution in [3.63, 3.8) is 0 Å². The summed E-state index contributed by atoms with van der Waals surface area (Å²) in [5, 5.41) is 2.83. The Labute approximate surface area is 316 Å². The van der Waals surface area contributed by atoms with Gasteiger partial charge in [0, 0.05) is 82.8 Å². The average molecular weight is 879 g/mol. The summed E-state index contributed by atoms with van der Waals surface area (Å²) in [5.74, 6) is -1.04. The zero-order valence-corrected chi connectivity index (χ0v) is 31.9. The third kappa shape index (κ3) is 9.43. The third-order valence-corrected chi connectivity index (χ3v) is 9.83. The van der Waals surface area contributed by atoms with Gasteiger partial charge in [0.2, 0.25) is 0 Å². The predicted molar refractivity (Wildman–Crippen MR) is 206 cm³/mol. The molecule has 0 saturated heterocycles. The summed E-state index contributed by atoms with van der Waals surface area (Å²) >= 11 is 9.30. The van der Waals surface area contributed by atoms with Gasteiger partial charge in [0.1, 0.15) is 11.6 Å². The van der Waals surface area contributed by atoms with Gasteiger partial charge in [-0.2, -0.15) is 0 Å². The molecule has 2 aliphatic rings. The van der Waals surface area contributed by atoms with E-state index in [-0.39, 0.29) is 30.6 Å². The van der Waals surface area contributed by atoms with Crippen LogP contribution in [0.2, 0.25) is 0 Å². The summed E-state index contributed by atoms with van der Waals surface area (Å²) in [4.78, 5) is 51.5. The van der Waals surface area contributed by atoms with Gasteiger partial charge in [-0.1, -0.05) is 7.43 Å². The number of nitrogens with zero attached hydrogens (tertiary/aromatic N) is 3. The highest BCUT2D eigenvalue weighted by Gasteiger charge is 2.28. The smallest absolute Gasteiger partial charge is 0.258 e. The van der Waals surface area contributed by atoms with E-state index >= 15 is 0 Å². The molecule has 8 nitrogen and oxygen atoms in total. The number of amides is 2. The Morgan fingerprint density at radius 3 is 1.70 bits per heavy atom. The topological polar surface area (TPSA) is 90.0 Å². The van der Waals surface area contributed by atoms with Crippen LogP contribution < -0.4 is 20.0 Å².